The molecule has 0 spiro atoms. The fraction of sp³-hybridized carbons (Fsp3) is 0.333. The van der Waals surface area contributed by atoms with Crippen molar-refractivity contribution in [1.29, 1.82) is 0 Å². The first-order valence-corrected chi connectivity index (χ1v) is 7.33. The van der Waals surface area contributed by atoms with Crippen molar-refractivity contribution in [2.75, 3.05) is 6.79 Å². The highest BCUT2D eigenvalue weighted by atomic mass is 16.7. The molecule has 21 heavy (non-hydrogen) atoms. The van der Waals surface area contributed by atoms with Crippen LogP contribution < -0.4 is 14.8 Å². The van der Waals surface area contributed by atoms with Crippen LogP contribution in [0.15, 0.2) is 36.4 Å². The van der Waals surface area contributed by atoms with Crippen LogP contribution in [0.4, 0.5) is 0 Å². The van der Waals surface area contributed by atoms with Crippen LogP contribution in [0.5, 0.6) is 11.5 Å². The lowest BCUT2D eigenvalue weighted by Crippen LogP contribution is -2.19. The highest BCUT2D eigenvalue weighted by Gasteiger charge is 2.17. The van der Waals surface area contributed by atoms with Gasteiger partial charge < -0.3 is 14.8 Å². The van der Waals surface area contributed by atoms with Crippen molar-refractivity contribution in [2.24, 2.45) is 0 Å². The summed E-state index contributed by atoms with van der Waals surface area (Å²) in [5.41, 5.74) is 5.11. The van der Waals surface area contributed by atoms with Gasteiger partial charge in [-0.25, -0.2) is 0 Å². The Morgan fingerprint density at radius 2 is 2.00 bits per heavy atom. The molecule has 1 unspecified atom stereocenters. The van der Waals surface area contributed by atoms with Crippen molar-refractivity contribution in [3.63, 3.8) is 0 Å². The summed E-state index contributed by atoms with van der Waals surface area (Å²) in [5, 5.41) is 3.57. The molecule has 0 saturated heterocycles. The standard InChI is InChI=1S/C18H21NO2/c1-12-7-8-16(13(2)9-12)14(3)19-10-15-5-4-6-17-18(15)21-11-20-17/h4-9,14,19H,10-11H2,1-3H3. The van der Waals surface area contributed by atoms with Gasteiger partial charge in [0, 0.05) is 18.2 Å². The van der Waals surface area contributed by atoms with E-state index >= 15 is 0 Å². The zero-order valence-corrected chi connectivity index (χ0v) is 12.8. The molecule has 0 aliphatic carbocycles. The Labute approximate surface area is 125 Å². The van der Waals surface area contributed by atoms with Crippen LogP contribution in [-0.2, 0) is 6.54 Å². The predicted octanol–water partition coefficient (Wildman–Crippen LogP) is 3.88. The summed E-state index contributed by atoms with van der Waals surface area (Å²) in [5.74, 6) is 1.71. The van der Waals surface area contributed by atoms with E-state index in [1.165, 1.54) is 16.7 Å². The molecule has 0 bridgehead atoms. The molecule has 3 rings (SSSR count). The Morgan fingerprint density at radius 3 is 2.81 bits per heavy atom. The molecule has 0 fully saturated rings. The van der Waals surface area contributed by atoms with Gasteiger partial charge in [0.2, 0.25) is 6.79 Å². The Kier molecular flexibility index (Phi) is 3.84. The number of para-hydroxylation sites is 1. The molecule has 1 atom stereocenters. The molecule has 0 amide bonds. The van der Waals surface area contributed by atoms with Crippen LogP contribution >= 0.6 is 0 Å². The summed E-state index contributed by atoms with van der Waals surface area (Å²) in [6, 6.07) is 12.9. The van der Waals surface area contributed by atoms with Gasteiger partial charge in [0.15, 0.2) is 11.5 Å². The predicted molar refractivity (Wildman–Crippen MR) is 83.7 cm³/mol. The van der Waals surface area contributed by atoms with Crippen LogP contribution in [0.1, 0.15) is 35.2 Å². The molecule has 110 valence electrons. The van der Waals surface area contributed by atoms with Crippen molar-refractivity contribution in [3.05, 3.63) is 58.7 Å². The number of hydrogen-bond donors (Lipinski definition) is 1. The Hall–Kier alpha value is -2.00. The third kappa shape index (κ3) is 2.88. The van der Waals surface area contributed by atoms with Gasteiger partial charge in [-0.15, -0.1) is 0 Å². The first-order chi connectivity index (χ1) is 10.1. The molecular formula is C18H21NO2. The first kappa shape index (κ1) is 14.0. The lowest BCUT2D eigenvalue weighted by molar-refractivity contribution is 0.173. The van der Waals surface area contributed by atoms with Gasteiger partial charge >= 0.3 is 0 Å². The van der Waals surface area contributed by atoms with E-state index in [4.69, 9.17) is 9.47 Å². The zero-order valence-electron chi connectivity index (χ0n) is 12.8. The molecule has 2 aromatic carbocycles. The topological polar surface area (TPSA) is 30.5 Å². The third-order valence-corrected chi connectivity index (χ3v) is 3.97. The average molecular weight is 283 g/mol. The fourth-order valence-corrected chi connectivity index (χ4v) is 2.81. The van der Waals surface area contributed by atoms with Crippen molar-refractivity contribution >= 4 is 0 Å². The number of nitrogens with one attached hydrogen (secondary N) is 1. The Balaban J connectivity index is 1.72. The van der Waals surface area contributed by atoms with Gasteiger partial charge in [-0.2, -0.15) is 0 Å². The average Bonchev–Trinajstić information content (AvgIpc) is 2.93. The molecule has 1 aliphatic rings. The lowest BCUT2D eigenvalue weighted by Gasteiger charge is -2.17. The molecule has 3 heteroatoms. The fourth-order valence-electron chi connectivity index (χ4n) is 2.81. The van der Waals surface area contributed by atoms with E-state index in [0.717, 1.165) is 23.6 Å². The second kappa shape index (κ2) is 5.78. The van der Waals surface area contributed by atoms with Gasteiger partial charge in [0.1, 0.15) is 0 Å². The summed E-state index contributed by atoms with van der Waals surface area (Å²) < 4.78 is 11.0. The molecule has 3 nitrogen and oxygen atoms in total. The summed E-state index contributed by atoms with van der Waals surface area (Å²) >= 11 is 0. The highest BCUT2D eigenvalue weighted by Crippen LogP contribution is 2.35. The van der Waals surface area contributed by atoms with E-state index in [-0.39, 0.29) is 0 Å². The number of rotatable bonds is 4. The van der Waals surface area contributed by atoms with Gasteiger partial charge in [0.25, 0.3) is 0 Å². The number of hydrogen-bond acceptors (Lipinski definition) is 3. The first-order valence-electron chi connectivity index (χ1n) is 7.33. The minimum Gasteiger partial charge on any atom is -0.454 e. The quantitative estimate of drug-likeness (QED) is 0.923. The van der Waals surface area contributed by atoms with Gasteiger partial charge in [-0.05, 0) is 38.0 Å². The second-order valence-corrected chi connectivity index (χ2v) is 5.61. The van der Waals surface area contributed by atoms with Crippen LogP contribution in [0.2, 0.25) is 0 Å². The molecular weight excluding hydrogens is 262 g/mol. The summed E-state index contributed by atoms with van der Waals surface area (Å²) in [4.78, 5) is 0. The smallest absolute Gasteiger partial charge is 0.231 e. The maximum Gasteiger partial charge on any atom is 0.231 e. The molecule has 0 aromatic heterocycles. The Morgan fingerprint density at radius 1 is 1.14 bits per heavy atom. The van der Waals surface area contributed by atoms with Crippen molar-refractivity contribution in [1.82, 2.24) is 5.32 Å². The maximum atomic E-state index is 5.54. The monoisotopic (exact) mass is 283 g/mol. The molecule has 0 saturated carbocycles. The van der Waals surface area contributed by atoms with E-state index in [1.54, 1.807) is 0 Å². The van der Waals surface area contributed by atoms with Gasteiger partial charge in [-0.3, -0.25) is 0 Å². The van der Waals surface area contributed by atoms with Crippen molar-refractivity contribution in [2.45, 2.75) is 33.4 Å². The van der Waals surface area contributed by atoms with E-state index in [2.05, 4.69) is 50.4 Å². The lowest BCUT2D eigenvalue weighted by atomic mass is 10.00. The number of ether oxygens (including phenoxy) is 2. The molecule has 1 heterocycles. The van der Waals surface area contributed by atoms with Crippen molar-refractivity contribution in [3.8, 4) is 11.5 Å². The van der Waals surface area contributed by atoms with E-state index < -0.39 is 0 Å². The second-order valence-electron chi connectivity index (χ2n) is 5.61. The minimum atomic E-state index is 0.295. The summed E-state index contributed by atoms with van der Waals surface area (Å²) in [6.45, 7) is 7.56. The van der Waals surface area contributed by atoms with E-state index in [0.29, 0.717) is 12.8 Å². The number of aryl methyl sites for hydroxylation is 2. The molecule has 1 N–H and O–H groups in total. The van der Waals surface area contributed by atoms with E-state index in [9.17, 15) is 0 Å². The Bertz CT molecular complexity index is 652. The SMILES string of the molecule is Cc1ccc(C(C)NCc2cccc3c2OCO3)c(C)c1. The minimum absolute atomic E-state index is 0.295. The van der Waals surface area contributed by atoms with Crippen molar-refractivity contribution < 1.29 is 9.47 Å². The summed E-state index contributed by atoms with van der Waals surface area (Å²) in [7, 11) is 0. The molecule has 0 radical (unpaired) electrons. The third-order valence-electron chi connectivity index (χ3n) is 3.97. The van der Waals surface area contributed by atoms with Crippen LogP contribution in [0.25, 0.3) is 0 Å². The normalized spacial score (nSPS) is 14.2. The van der Waals surface area contributed by atoms with Crippen LogP contribution in [0.3, 0.4) is 0 Å². The van der Waals surface area contributed by atoms with Crippen LogP contribution in [-0.4, -0.2) is 6.79 Å². The number of benzene rings is 2. The van der Waals surface area contributed by atoms with Crippen LogP contribution in [0, 0.1) is 13.8 Å². The van der Waals surface area contributed by atoms with Gasteiger partial charge in [-0.1, -0.05) is 35.9 Å². The highest BCUT2D eigenvalue weighted by molar-refractivity contribution is 5.48. The number of fused-ring (bicyclic) bond motifs is 1. The largest absolute Gasteiger partial charge is 0.454 e. The van der Waals surface area contributed by atoms with Gasteiger partial charge in [0.05, 0.1) is 0 Å². The zero-order chi connectivity index (χ0) is 14.8. The maximum absolute atomic E-state index is 5.54. The summed E-state index contributed by atoms with van der Waals surface area (Å²) in [6.07, 6.45) is 0. The molecule has 2 aromatic rings. The van der Waals surface area contributed by atoms with E-state index in [1.807, 2.05) is 12.1 Å². The molecule has 1 aliphatic heterocycles.